The molecule has 182 valence electrons. The first-order valence-electron chi connectivity index (χ1n) is 11.7. The molecule has 2 N–H and O–H groups in total. The van der Waals surface area contributed by atoms with Gasteiger partial charge in [0.25, 0.3) is 0 Å². The smallest absolute Gasteiger partial charge is 0.311 e. The highest BCUT2D eigenvalue weighted by atomic mass is 32.2. The third kappa shape index (κ3) is 3.31. The number of hydrogen-bond donors (Lipinski definition) is 2. The van der Waals surface area contributed by atoms with E-state index in [1.165, 1.54) is 0 Å². The number of aliphatic hydroxyl groups excluding tert-OH is 1. The van der Waals surface area contributed by atoms with E-state index in [9.17, 15) is 19.5 Å². The minimum atomic E-state index is -0.738. The quantitative estimate of drug-likeness (QED) is 0.527. The number of hydrogen-bond acceptors (Lipinski definition) is 8. The average Bonchev–Trinajstić information content (AvgIpc) is 3.52. The summed E-state index contributed by atoms with van der Waals surface area (Å²) < 4.78 is 5.83. The molecular formula is C23H29N5O5S. The van der Waals surface area contributed by atoms with Crippen LogP contribution >= 0.6 is 11.8 Å². The van der Waals surface area contributed by atoms with Crippen molar-refractivity contribution in [3.8, 4) is 0 Å². The first-order chi connectivity index (χ1) is 16.4. The van der Waals surface area contributed by atoms with Crippen LogP contribution in [0, 0.1) is 11.8 Å². The zero-order chi connectivity index (χ0) is 24.1. The minimum absolute atomic E-state index is 0.0904. The first kappa shape index (κ1) is 23.1. The Bertz CT molecular complexity index is 1140. The Balaban J connectivity index is 1.45. The lowest BCUT2D eigenvalue weighted by Crippen LogP contribution is -2.54. The fraction of sp³-hybridized carbons (Fsp3) is 0.609. The fourth-order valence-corrected chi connectivity index (χ4v) is 8.43. The van der Waals surface area contributed by atoms with Crippen molar-refractivity contribution >= 4 is 40.6 Å². The Hall–Kier alpha value is -2.66. The number of carbonyl (C=O) groups excluding carboxylic acids is 3. The van der Waals surface area contributed by atoms with Crippen LogP contribution in [0.25, 0.3) is 11.0 Å². The van der Waals surface area contributed by atoms with Crippen LogP contribution in [0.1, 0.15) is 33.1 Å². The first-order valence-corrected chi connectivity index (χ1v) is 12.5. The van der Waals surface area contributed by atoms with Gasteiger partial charge in [-0.15, -0.1) is 16.9 Å². The summed E-state index contributed by atoms with van der Waals surface area (Å²) in [4.78, 5) is 41.9. The third-order valence-corrected chi connectivity index (χ3v) is 9.43. The van der Waals surface area contributed by atoms with E-state index in [1.54, 1.807) is 28.3 Å². The van der Waals surface area contributed by atoms with Crippen molar-refractivity contribution in [1.82, 2.24) is 25.2 Å². The normalized spacial score (nSPS) is 31.8. The molecule has 2 unspecified atom stereocenters. The summed E-state index contributed by atoms with van der Waals surface area (Å²) in [5, 5.41) is 20.6. The lowest BCUT2D eigenvalue weighted by molar-refractivity contribution is -0.155. The molecule has 11 heteroatoms. The number of nitrogens with zero attached hydrogens (tertiary/aromatic N) is 4. The molecule has 0 saturated carbocycles. The number of para-hydroxylation sites is 1. The van der Waals surface area contributed by atoms with E-state index in [-0.39, 0.29) is 44.2 Å². The summed E-state index contributed by atoms with van der Waals surface area (Å²) >= 11 is 1.60. The van der Waals surface area contributed by atoms with E-state index in [0.717, 1.165) is 17.5 Å². The summed E-state index contributed by atoms with van der Waals surface area (Å²) in [7, 11) is 0. The summed E-state index contributed by atoms with van der Waals surface area (Å²) in [5.74, 6) is -2.05. The number of benzene rings is 1. The molecule has 2 bridgehead atoms. The molecule has 2 amide bonds. The van der Waals surface area contributed by atoms with Crippen molar-refractivity contribution in [3.05, 3.63) is 24.3 Å². The molecule has 34 heavy (non-hydrogen) atoms. The predicted molar refractivity (Wildman–Crippen MR) is 124 cm³/mol. The standard InChI is InChI=1S/C23H29N5O5S/c1-3-33-21(32)17-16-20(31)27(11-6-12-29)18(23(16)10-9-22(17,2)34-23)19(30)24-13-28-15-8-5-4-7-14(15)25-26-28/h4-5,7-8,16-18,29H,3,6,9-13H2,1-2H3,(H,24,30)/t16-,17-,18?,22+,23?/m0/s1. The number of aromatic nitrogens is 3. The van der Waals surface area contributed by atoms with Crippen molar-refractivity contribution in [2.75, 3.05) is 19.8 Å². The van der Waals surface area contributed by atoms with E-state index in [0.29, 0.717) is 12.8 Å². The molecule has 1 aromatic carbocycles. The number of amides is 2. The Morgan fingerprint density at radius 3 is 2.88 bits per heavy atom. The number of ether oxygens (including phenoxy) is 1. The van der Waals surface area contributed by atoms with E-state index in [4.69, 9.17) is 4.74 Å². The van der Waals surface area contributed by atoms with Gasteiger partial charge < -0.3 is 20.1 Å². The van der Waals surface area contributed by atoms with Gasteiger partial charge in [-0.05, 0) is 45.2 Å². The largest absolute Gasteiger partial charge is 0.466 e. The van der Waals surface area contributed by atoms with Gasteiger partial charge >= 0.3 is 5.97 Å². The van der Waals surface area contributed by atoms with Crippen molar-refractivity contribution < 1.29 is 24.2 Å². The molecule has 1 aromatic heterocycles. The Kier molecular flexibility index (Phi) is 5.79. The predicted octanol–water partition coefficient (Wildman–Crippen LogP) is 0.932. The highest BCUT2D eigenvalue weighted by Gasteiger charge is 2.77. The molecule has 3 aliphatic rings. The Morgan fingerprint density at radius 1 is 1.32 bits per heavy atom. The number of nitrogens with one attached hydrogen (secondary N) is 1. The van der Waals surface area contributed by atoms with Gasteiger partial charge in [0.2, 0.25) is 11.8 Å². The van der Waals surface area contributed by atoms with Crippen LogP contribution < -0.4 is 5.32 Å². The summed E-state index contributed by atoms with van der Waals surface area (Å²) in [6, 6.07) is 6.74. The van der Waals surface area contributed by atoms with Gasteiger partial charge in [-0.2, -0.15) is 0 Å². The molecule has 10 nitrogen and oxygen atoms in total. The number of aliphatic hydroxyl groups is 1. The Labute approximate surface area is 201 Å². The van der Waals surface area contributed by atoms with E-state index >= 15 is 0 Å². The van der Waals surface area contributed by atoms with Crippen molar-refractivity contribution in [3.63, 3.8) is 0 Å². The number of carbonyl (C=O) groups is 3. The van der Waals surface area contributed by atoms with Crippen LogP contribution in [0.4, 0.5) is 0 Å². The summed E-state index contributed by atoms with van der Waals surface area (Å²) in [5.41, 5.74) is 1.52. The molecule has 3 aliphatic heterocycles. The van der Waals surface area contributed by atoms with Crippen LogP contribution in [0.3, 0.4) is 0 Å². The fourth-order valence-electron chi connectivity index (χ4n) is 6.08. The second-order valence-electron chi connectivity index (χ2n) is 9.37. The topological polar surface area (TPSA) is 127 Å². The molecular weight excluding hydrogens is 458 g/mol. The highest BCUT2D eigenvalue weighted by Crippen LogP contribution is 2.71. The van der Waals surface area contributed by atoms with E-state index in [1.807, 2.05) is 31.2 Å². The monoisotopic (exact) mass is 487 g/mol. The Morgan fingerprint density at radius 2 is 2.12 bits per heavy atom. The molecule has 4 heterocycles. The molecule has 3 fully saturated rings. The SMILES string of the molecule is CCOC(=O)[C@@H]1[C@H]2C(=O)N(CCCO)C(C(=O)NCn3nnc4ccccc43)C23CC[C@@]1(C)S3. The number of rotatable bonds is 8. The van der Waals surface area contributed by atoms with Gasteiger partial charge in [0, 0.05) is 17.9 Å². The zero-order valence-electron chi connectivity index (χ0n) is 19.3. The average molecular weight is 488 g/mol. The molecule has 5 rings (SSSR count). The zero-order valence-corrected chi connectivity index (χ0v) is 20.1. The van der Waals surface area contributed by atoms with Gasteiger partial charge in [0.05, 0.1) is 28.7 Å². The molecule has 1 spiro atoms. The lowest BCUT2D eigenvalue weighted by atomic mass is 9.66. The second kappa shape index (κ2) is 8.53. The lowest BCUT2D eigenvalue weighted by Gasteiger charge is -2.34. The maximum atomic E-state index is 13.7. The minimum Gasteiger partial charge on any atom is -0.466 e. The molecule has 0 aliphatic carbocycles. The van der Waals surface area contributed by atoms with E-state index < -0.39 is 27.4 Å². The van der Waals surface area contributed by atoms with Gasteiger partial charge in [-0.25, -0.2) is 4.68 Å². The van der Waals surface area contributed by atoms with Crippen LogP contribution in [0.5, 0.6) is 0 Å². The molecule has 0 radical (unpaired) electrons. The summed E-state index contributed by atoms with van der Waals surface area (Å²) in [6.45, 7) is 4.28. The second-order valence-corrected chi connectivity index (χ2v) is 11.3. The maximum absolute atomic E-state index is 13.7. The van der Waals surface area contributed by atoms with Crippen LogP contribution in [0.2, 0.25) is 0 Å². The summed E-state index contributed by atoms with van der Waals surface area (Å²) in [6.07, 6.45) is 1.76. The van der Waals surface area contributed by atoms with Crippen molar-refractivity contribution in [2.24, 2.45) is 11.8 Å². The van der Waals surface area contributed by atoms with Gasteiger partial charge in [-0.1, -0.05) is 17.3 Å². The van der Waals surface area contributed by atoms with Crippen molar-refractivity contribution in [1.29, 1.82) is 0 Å². The maximum Gasteiger partial charge on any atom is 0.311 e. The number of likely N-dealkylation sites (tertiary alicyclic amines) is 1. The van der Waals surface area contributed by atoms with Crippen LogP contribution in [-0.4, -0.2) is 78.1 Å². The highest BCUT2D eigenvalue weighted by molar-refractivity contribution is 8.02. The molecule has 5 atom stereocenters. The van der Waals surface area contributed by atoms with Crippen LogP contribution in [0.15, 0.2) is 24.3 Å². The molecule has 3 saturated heterocycles. The van der Waals surface area contributed by atoms with E-state index in [2.05, 4.69) is 15.6 Å². The number of esters is 1. The third-order valence-electron chi connectivity index (χ3n) is 7.45. The van der Waals surface area contributed by atoms with Gasteiger partial charge in [0.1, 0.15) is 18.2 Å². The van der Waals surface area contributed by atoms with Crippen LogP contribution in [-0.2, 0) is 25.8 Å². The number of thioether (sulfide) groups is 1. The number of fused-ring (bicyclic) bond motifs is 2. The molecule has 2 aromatic rings. The van der Waals surface area contributed by atoms with Gasteiger partial charge in [-0.3, -0.25) is 14.4 Å². The van der Waals surface area contributed by atoms with Crippen molar-refractivity contribution in [2.45, 2.75) is 55.3 Å². The van der Waals surface area contributed by atoms with Gasteiger partial charge in [0.15, 0.2) is 0 Å².